The van der Waals surface area contributed by atoms with Gasteiger partial charge in [0.1, 0.15) is 0 Å². The molecule has 0 saturated carbocycles. The van der Waals surface area contributed by atoms with Crippen molar-refractivity contribution in [2.75, 3.05) is 6.54 Å². The molecule has 1 fully saturated rings. The minimum absolute atomic E-state index is 0.263. The fraction of sp³-hybridized carbons (Fsp3) is 0.333. The Labute approximate surface area is 93.5 Å². The van der Waals surface area contributed by atoms with Crippen LogP contribution in [0, 0.1) is 0 Å². The number of carbonyl (C=O) groups excluding carboxylic acids is 2. The van der Waals surface area contributed by atoms with E-state index in [2.05, 4.69) is 0 Å². The van der Waals surface area contributed by atoms with E-state index >= 15 is 0 Å². The molecule has 1 saturated heterocycles. The van der Waals surface area contributed by atoms with Crippen LogP contribution in [0.5, 0.6) is 0 Å². The number of rotatable bonds is 1. The Hall–Kier alpha value is -1.68. The average molecular weight is 219 g/mol. The van der Waals surface area contributed by atoms with Crippen LogP contribution < -0.4 is 0 Å². The fourth-order valence-corrected chi connectivity index (χ4v) is 1.98. The molecule has 1 heterocycles. The molecule has 16 heavy (non-hydrogen) atoms. The standard InChI is InChI=1S/C12H13NO3/c1-8(14)13-7-10(11(15)12(13)16)9-5-3-2-4-6-9/h2-6,10,12,16H,7H2,1H3. The number of nitrogens with zero attached hydrogens (tertiary/aromatic N) is 1. The summed E-state index contributed by atoms with van der Waals surface area (Å²) in [5.74, 6) is -0.985. The normalized spacial score (nSPS) is 24.9. The first-order chi connectivity index (χ1) is 7.61. The quantitative estimate of drug-likeness (QED) is 0.749. The number of benzene rings is 1. The van der Waals surface area contributed by atoms with Gasteiger partial charge in [0.05, 0.1) is 5.92 Å². The maximum Gasteiger partial charge on any atom is 0.221 e. The SMILES string of the molecule is CC(=O)N1CC(c2ccccc2)C(=O)C1O. The maximum atomic E-state index is 11.8. The number of hydrogen-bond acceptors (Lipinski definition) is 3. The summed E-state index contributed by atoms with van der Waals surface area (Å²) in [6.07, 6.45) is -1.29. The number of aliphatic hydroxyl groups is 1. The van der Waals surface area contributed by atoms with Gasteiger partial charge in [0.15, 0.2) is 12.0 Å². The van der Waals surface area contributed by atoms with Gasteiger partial charge in [-0.2, -0.15) is 0 Å². The van der Waals surface area contributed by atoms with Crippen LogP contribution in [0.2, 0.25) is 0 Å². The van der Waals surface area contributed by atoms with Crippen LogP contribution in [-0.2, 0) is 9.59 Å². The van der Waals surface area contributed by atoms with Gasteiger partial charge in [0.25, 0.3) is 0 Å². The Balaban J connectivity index is 2.26. The van der Waals surface area contributed by atoms with Crippen molar-refractivity contribution in [2.45, 2.75) is 19.1 Å². The molecule has 0 aliphatic carbocycles. The zero-order valence-corrected chi connectivity index (χ0v) is 8.96. The van der Waals surface area contributed by atoms with Crippen LogP contribution in [0.25, 0.3) is 0 Å². The van der Waals surface area contributed by atoms with Gasteiger partial charge in [0, 0.05) is 13.5 Å². The highest BCUT2D eigenvalue weighted by molar-refractivity contribution is 5.95. The molecule has 0 radical (unpaired) electrons. The highest BCUT2D eigenvalue weighted by Gasteiger charge is 2.41. The van der Waals surface area contributed by atoms with Crippen LogP contribution in [0.3, 0.4) is 0 Å². The molecule has 1 N–H and O–H groups in total. The fourth-order valence-electron chi connectivity index (χ4n) is 1.98. The number of carbonyl (C=O) groups is 2. The van der Waals surface area contributed by atoms with Gasteiger partial charge >= 0.3 is 0 Å². The Kier molecular flexibility index (Phi) is 2.75. The summed E-state index contributed by atoms with van der Waals surface area (Å²) >= 11 is 0. The van der Waals surface area contributed by atoms with Crippen LogP contribution in [0.4, 0.5) is 0 Å². The van der Waals surface area contributed by atoms with Crippen LogP contribution in [-0.4, -0.2) is 34.5 Å². The van der Waals surface area contributed by atoms with Gasteiger partial charge in [-0.05, 0) is 5.56 Å². The predicted molar refractivity (Wildman–Crippen MR) is 57.6 cm³/mol. The van der Waals surface area contributed by atoms with Crippen LogP contribution in [0.15, 0.2) is 30.3 Å². The van der Waals surface area contributed by atoms with Crippen molar-refractivity contribution in [3.8, 4) is 0 Å². The van der Waals surface area contributed by atoms with E-state index in [1.165, 1.54) is 11.8 Å². The van der Waals surface area contributed by atoms with E-state index in [1.54, 1.807) is 0 Å². The molecule has 0 bridgehead atoms. The van der Waals surface area contributed by atoms with E-state index in [9.17, 15) is 14.7 Å². The summed E-state index contributed by atoms with van der Waals surface area (Å²) in [6.45, 7) is 1.61. The van der Waals surface area contributed by atoms with Crippen molar-refractivity contribution < 1.29 is 14.7 Å². The average Bonchev–Trinajstić information content (AvgIpc) is 2.58. The van der Waals surface area contributed by atoms with E-state index in [0.29, 0.717) is 0 Å². The molecule has 4 nitrogen and oxygen atoms in total. The van der Waals surface area contributed by atoms with Gasteiger partial charge in [-0.15, -0.1) is 0 Å². The van der Waals surface area contributed by atoms with Gasteiger partial charge in [-0.25, -0.2) is 0 Å². The van der Waals surface area contributed by atoms with Crippen molar-refractivity contribution in [1.82, 2.24) is 4.90 Å². The molecule has 1 aromatic rings. The van der Waals surface area contributed by atoms with Crippen molar-refractivity contribution in [3.63, 3.8) is 0 Å². The summed E-state index contributed by atoms with van der Waals surface area (Å²) in [5, 5.41) is 9.62. The molecule has 0 aromatic heterocycles. The minimum atomic E-state index is -1.29. The number of aliphatic hydroxyl groups excluding tert-OH is 1. The lowest BCUT2D eigenvalue weighted by Gasteiger charge is -2.16. The van der Waals surface area contributed by atoms with E-state index in [1.807, 2.05) is 30.3 Å². The number of hydrogen-bond donors (Lipinski definition) is 1. The summed E-state index contributed by atoms with van der Waals surface area (Å²) < 4.78 is 0. The topological polar surface area (TPSA) is 57.6 Å². The number of amides is 1. The number of Topliss-reactive ketones (excluding diaryl/α,β-unsaturated/α-hetero) is 1. The lowest BCUT2D eigenvalue weighted by molar-refractivity contribution is -0.142. The van der Waals surface area contributed by atoms with E-state index < -0.39 is 12.1 Å². The Bertz CT molecular complexity index is 416. The highest BCUT2D eigenvalue weighted by Crippen LogP contribution is 2.27. The number of likely N-dealkylation sites (tertiary alicyclic amines) is 1. The lowest BCUT2D eigenvalue weighted by Crippen LogP contribution is -2.36. The Morgan fingerprint density at radius 3 is 2.50 bits per heavy atom. The summed E-state index contributed by atoms with van der Waals surface area (Å²) in [5.41, 5.74) is 0.843. The van der Waals surface area contributed by atoms with Crippen LogP contribution in [0.1, 0.15) is 18.4 Å². The van der Waals surface area contributed by atoms with Gasteiger partial charge in [-0.1, -0.05) is 30.3 Å². The van der Waals surface area contributed by atoms with Gasteiger partial charge in [-0.3, -0.25) is 9.59 Å². The third-order valence-corrected chi connectivity index (χ3v) is 2.88. The largest absolute Gasteiger partial charge is 0.367 e. The zero-order valence-electron chi connectivity index (χ0n) is 8.96. The van der Waals surface area contributed by atoms with Gasteiger partial charge < -0.3 is 10.0 Å². The third kappa shape index (κ3) is 1.72. The van der Waals surface area contributed by atoms with Gasteiger partial charge in [0.2, 0.25) is 5.91 Å². The second-order valence-electron chi connectivity index (χ2n) is 3.91. The molecule has 2 unspecified atom stereocenters. The zero-order chi connectivity index (χ0) is 11.7. The number of ketones is 1. The first kappa shape index (κ1) is 10.8. The summed E-state index contributed by atoms with van der Waals surface area (Å²) in [4.78, 5) is 24.2. The minimum Gasteiger partial charge on any atom is -0.367 e. The molecule has 1 aliphatic rings. The maximum absolute atomic E-state index is 11.8. The van der Waals surface area contributed by atoms with E-state index in [0.717, 1.165) is 5.56 Å². The first-order valence-corrected chi connectivity index (χ1v) is 5.15. The molecular weight excluding hydrogens is 206 g/mol. The molecule has 1 aliphatic heterocycles. The van der Waals surface area contributed by atoms with Crippen LogP contribution >= 0.6 is 0 Å². The molecule has 2 rings (SSSR count). The second kappa shape index (κ2) is 4.06. The van der Waals surface area contributed by atoms with E-state index in [-0.39, 0.29) is 18.2 Å². The molecule has 1 aromatic carbocycles. The summed E-state index contributed by atoms with van der Waals surface area (Å²) in [7, 11) is 0. The predicted octanol–water partition coefficient (Wildman–Crippen LogP) is 0.520. The third-order valence-electron chi connectivity index (χ3n) is 2.88. The van der Waals surface area contributed by atoms with Crippen molar-refractivity contribution in [3.05, 3.63) is 35.9 Å². The molecular formula is C12H13NO3. The van der Waals surface area contributed by atoms with E-state index in [4.69, 9.17) is 0 Å². The summed E-state index contributed by atoms with van der Waals surface area (Å²) in [6, 6.07) is 9.21. The smallest absolute Gasteiger partial charge is 0.221 e. The molecule has 1 amide bonds. The second-order valence-corrected chi connectivity index (χ2v) is 3.91. The lowest BCUT2D eigenvalue weighted by atomic mass is 9.97. The Morgan fingerprint density at radius 2 is 2.00 bits per heavy atom. The first-order valence-electron chi connectivity index (χ1n) is 5.15. The van der Waals surface area contributed by atoms with Crippen molar-refractivity contribution >= 4 is 11.7 Å². The van der Waals surface area contributed by atoms with Crippen molar-refractivity contribution in [1.29, 1.82) is 0 Å². The molecule has 0 spiro atoms. The van der Waals surface area contributed by atoms with Crippen molar-refractivity contribution in [2.24, 2.45) is 0 Å². The Morgan fingerprint density at radius 1 is 1.38 bits per heavy atom. The monoisotopic (exact) mass is 219 g/mol. The molecule has 2 atom stereocenters. The highest BCUT2D eigenvalue weighted by atomic mass is 16.3. The molecule has 84 valence electrons. The molecule has 4 heteroatoms.